The number of rotatable bonds is 0. The van der Waals surface area contributed by atoms with Gasteiger partial charge in [-0.1, -0.05) is 0 Å². The van der Waals surface area contributed by atoms with Gasteiger partial charge in [-0.25, -0.2) is 9.50 Å². The van der Waals surface area contributed by atoms with Crippen LogP contribution in [-0.2, 0) is 0 Å². The molecule has 0 atom stereocenters. The van der Waals surface area contributed by atoms with Crippen molar-refractivity contribution in [2.24, 2.45) is 0 Å². The van der Waals surface area contributed by atoms with Gasteiger partial charge in [0.1, 0.15) is 5.82 Å². The molecular formula is C6H5BrN4. The fraction of sp³-hybridized carbons (Fsp3) is 0. The van der Waals surface area contributed by atoms with Gasteiger partial charge in [-0.3, -0.25) is 0 Å². The Hall–Kier alpha value is -1.10. The van der Waals surface area contributed by atoms with Crippen LogP contribution in [0.4, 0.5) is 5.82 Å². The van der Waals surface area contributed by atoms with Crippen LogP contribution in [0.3, 0.4) is 0 Å². The van der Waals surface area contributed by atoms with Gasteiger partial charge < -0.3 is 5.73 Å². The Kier molecular flexibility index (Phi) is 1.32. The fourth-order valence-corrected chi connectivity index (χ4v) is 1.17. The van der Waals surface area contributed by atoms with Crippen molar-refractivity contribution in [1.29, 1.82) is 0 Å². The lowest BCUT2D eigenvalue weighted by molar-refractivity contribution is 0.939. The first kappa shape index (κ1) is 6.60. The van der Waals surface area contributed by atoms with Gasteiger partial charge in [0.25, 0.3) is 0 Å². The summed E-state index contributed by atoms with van der Waals surface area (Å²) in [6, 6.07) is 1.71. The standard InChI is InChI=1S/C6H5BrN4/c7-4-2-9-6-1-5(8)10-11(6)3-4/h1-3H,(H2,8,10). The molecule has 0 unspecified atom stereocenters. The number of nitrogen functional groups attached to an aromatic ring is 1. The molecule has 0 aromatic carbocycles. The second-order valence-corrected chi connectivity index (χ2v) is 3.06. The minimum atomic E-state index is 0.482. The van der Waals surface area contributed by atoms with E-state index >= 15 is 0 Å². The quantitative estimate of drug-likeness (QED) is 0.712. The van der Waals surface area contributed by atoms with Crippen molar-refractivity contribution in [2.45, 2.75) is 0 Å². The predicted octanol–water partition coefficient (Wildman–Crippen LogP) is 1.07. The molecule has 56 valence electrons. The number of nitrogens with zero attached hydrogens (tertiary/aromatic N) is 3. The van der Waals surface area contributed by atoms with E-state index in [9.17, 15) is 0 Å². The van der Waals surface area contributed by atoms with Crippen LogP contribution in [0.2, 0.25) is 0 Å². The molecule has 0 aliphatic heterocycles. The van der Waals surface area contributed by atoms with Crippen molar-refractivity contribution >= 4 is 27.4 Å². The van der Waals surface area contributed by atoms with E-state index in [1.165, 1.54) is 0 Å². The Bertz CT molecular complexity index is 394. The average molecular weight is 213 g/mol. The van der Waals surface area contributed by atoms with E-state index in [0.29, 0.717) is 5.82 Å². The van der Waals surface area contributed by atoms with Gasteiger partial charge in [0.15, 0.2) is 5.65 Å². The maximum absolute atomic E-state index is 5.45. The normalized spacial score (nSPS) is 10.6. The molecule has 0 radical (unpaired) electrons. The summed E-state index contributed by atoms with van der Waals surface area (Å²) in [5, 5.41) is 3.98. The summed E-state index contributed by atoms with van der Waals surface area (Å²) < 4.78 is 2.51. The second kappa shape index (κ2) is 2.20. The largest absolute Gasteiger partial charge is 0.382 e. The number of anilines is 1. The highest BCUT2D eigenvalue weighted by Crippen LogP contribution is 2.10. The molecule has 11 heavy (non-hydrogen) atoms. The van der Waals surface area contributed by atoms with Crippen molar-refractivity contribution in [3.8, 4) is 0 Å². The van der Waals surface area contributed by atoms with Crippen molar-refractivity contribution in [3.05, 3.63) is 22.9 Å². The van der Waals surface area contributed by atoms with Gasteiger partial charge in [0.2, 0.25) is 0 Å². The molecule has 2 aromatic rings. The Labute approximate surface area is 71.2 Å². The van der Waals surface area contributed by atoms with Gasteiger partial charge in [-0.05, 0) is 15.9 Å². The smallest absolute Gasteiger partial charge is 0.157 e. The van der Waals surface area contributed by atoms with Crippen LogP contribution in [0.25, 0.3) is 5.65 Å². The van der Waals surface area contributed by atoms with E-state index in [4.69, 9.17) is 5.73 Å². The zero-order chi connectivity index (χ0) is 7.84. The first-order chi connectivity index (χ1) is 5.25. The van der Waals surface area contributed by atoms with Crippen LogP contribution < -0.4 is 5.73 Å². The Morgan fingerprint density at radius 3 is 3.18 bits per heavy atom. The molecule has 0 amide bonds. The van der Waals surface area contributed by atoms with E-state index in [2.05, 4.69) is 26.0 Å². The van der Waals surface area contributed by atoms with Crippen LogP contribution in [-0.4, -0.2) is 14.6 Å². The summed E-state index contributed by atoms with van der Waals surface area (Å²) in [5.74, 6) is 0.482. The molecule has 0 aliphatic carbocycles. The lowest BCUT2D eigenvalue weighted by Crippen LogP contribution is -1.89. The molecule has 0 fully saturated rings. The van der Waals surface area contributed by atoms with Crippen molar-refractivity contribution < 1.29 is 0 Å². The Morgan fingerprint density at radius 1 is 1.55 bits per heavy atom. The molecule has 5 heteroatoms. The van der Waals surface area contributed by atoms with E-state index in [0.717, 1.165) is 10.1 Å². The summed E-state index contributed by atoms with van der Waals surface area (Å²) in [6.07, 6.45) is 3.51. The highest BCUT2D eigenvalue weighted by atomic mass is 79.9. The van der Waals surface area contributed by atoms with Gasteiger partial charge in [-0.2, -0.15) is 0 Å². The average Bonchev–Trinajstić information content (AvgIpc) is 2.27. The van der Waals surface area contributed by atoms with Crippen LogP contribution in [0.15, 0.2) is 22.9 Å². The number of hydrogen-bond acceptors (Lipinski definition) is 3. The summed E-state index contributed by atoms with van der Waals surface area (Å²) in [6.45, 7) is 0. The molecule has 2 N–H and O–H groups in total. The number of nitrogens with two attached hydrogens (primary N) is 1. The third-order valence-electron chi connectivity index (χ3n) is 1.30. The lowest BCUT2D eigenvalue weighted by atomic mass is 10.6. The monoisotopic (exact) mass is 212 g/mol. The third kappa shape index (κ3) is 1.07. The van der Waals surface area contributed by atoms with Crippen molar-refractivity contribution in [2.75, 3.05) is 5.73 Å². The summed E-state index contributed by atoms with van der Waals surface area (Å²) >= 11 is 3.28. The summed E-state index contributed by atoms with van der Waals surface area (Å²) in [5.41, 5.74) is 6.21. The zero-order valence-corrected chi connectivity index (χ0v) is 7.12. The van der Waals surface area contributed by atoms with Gasteiger partial charge in [0, 0.05) is 18.5 Å². The second-order valence-electron chi connectivity index (χ2n) is 2.14. The topological polar surface area (TPSA) is 56.2 Å². The van der Waals surface area contributed by atoms with Gasteiger partial charge >= 0.3 is 0 Å². The minimum Gasteiger partial charge on any atom is -0.382 e. The molecule has 4 nitrogen and oxygen atoms in total. The minimum absolute atomic E-state index is 0.482. The van der Waals surface area contributed by atoms with E-state index in [1.807, 2.05) is 0 Å². The molecule has 0 bridgehead atoms. The van der Waals surface area contributed by atoms with Crippen molar-refractivity contribution in [1.82, 2.24) is 14.6 Å². The molecule has 2 heterocycles. The molecule has 0 saturated carbocycles. The fourth-order valence-electron chi connectivity index (χ4n) is 0.872. The number of halogens is 1. The van der Waals surface area contributed by atoms with Crippen LogP contribution >= 0.6 is 15.9 Å². The molecule has 2 aromatic heterocycles. The zero-order valence-electron chi connectivity index (χ0n) is 5.53. The van der Waals surface area contributed by atoms with Gasteiger partial charge in [-0.15, -0.1) is 5.10 Å². The number of hydrogen-bond donors (Lipinski definition) is 1. The van der Waals surface area contributed by atoms with E-state index < -0.39 is 0 Å². The van der Waals surface area contributed by atoms with Crippen molar-refractivity contribution in [3.63, 3.8) is 0 Å². The SMILES string of the molecule is Nc1cc2ncc(Br)cn2n1. The maximum Gasteiger partial charge on any atom is 0.157 e. The molecule has 0 spiro atoms. The summed E-state index contributed by atoms with van der Waals surface area (Å²) in [7, 11) is 0. The van der Waals surface area contributed by atoms with E-state index in [-0.39, 0.29) is 0 Å². The Balaban J connectivity index is 2.82. The maximum atomic E-state index is 5.45. The van der Waals surface area contributed by atoms with Gasteiger partial charge in [0.05, 0.1) is 4.47 Å². The first-order valence-electron chi connectivity index (χ1n) is 3.02. The van der Waals surface area contributed by atoms with Crippen LogP contribution in [0.5, 0.6) is 0 Å². The third-order valence-corrected chi connectivity index (χ3v) is 1.71. The molecule has 0 aliphatic rings. The molecular weight excluding hydrogens is 208 g/mol. The van der Waals surface area contributed by atoms with Crippen LogP contribution in [0.1, 0.15) is 0 Å². The predicted molar refractivity (Wildman–Crippen MR) is 45.1 cm³/mol. The van der Waals surface area contributed by atoms with E-state index in [1.54, 1.807) is 23.0 Å². The molecule has 2 rings (SSSR count). The van der Waals surface area contributed by atoms with Crippen LogP contribution in [0, 0.1) is 0 Å². The lowest BCUT2D eigenvalue weighted by Gasteiger charge is -1.90. The highest BCUT2D eigenvalue weighted by Gasteiger charge is 1.97. The first-order valence-corrected chi connectivity index (χ1v) is 3.81. The number of fused-ring (bicyclic) bond motifs is 1. The number of aromatic nitrogens is 3. The summed E-state index contributed by atoms with van der Waals surface area (Å²) in [4.78, 5) is 4.08. The highest BCUT2D eigenvalue weighted by molar-refractivity contribution is 9.10. The molecule has 0 saturated heterocycles. The Morgan fingerprint density at radius 2 is 2.36 bits per heavy atom.